The van der Waals surface area contributed by atoms with Crippen LogP contribution in [0.3, 0.4) is 0 Å². The molecule has 0 saturated heterocycles. The zero-order valence-corrected chi connectivity index (χ0v) is 13.5. The molecule has 0 aliphatic carbocycles. The van der Waals surface area contributed by atoms with Crippen molar-refractivity contribution in [2.45, 2.75) is 79.1 Å². The van der Waals surface area contributed by atoms with E-state index in [1.54, 1.807) is 0 Å². The monoisotopic (exact) mass is 286 g/mol. The molecule has 0 atom stereocenters. The molecule has 0 bridgehead atoms. The van der Waals surface area contributed by atoms with Crippen molar-refractivity contribution < 1.29 is 12.8 Å². The Labute approximate surface area is 143 Å². The van der Waals surface area contributed by atoms with Gasteiger partial charge in [0.25, 0.3) is 0 Å². The maximum atomic E-state index is 5.88. The third-order valence-electron chi connectivity index (χ3n) is 1.35. The first kappa shape index (κ1) is 24.6. The molecule has 0 aromatic heterocycles. The van der Waals surface area contributed by atoms with Crippen LogP contribution in [-0.4, -0.2) is 68.2 Å². The summed E-state index contributed by atoms with van der Waals surface area (Å²) >= 11 is -2.11. The van der Waals surface area contributed by atoms with Crippen LogP contribution >= 0.6 is 0 Å². The van der Waals surface area contributed by atoms with Gasteiger partial charge in [-0.25, -0.2) is 0 Å². The summed E-state index contributed by atoms with van der Waals surface area (Å²) in [7, 11) is 0. The van der Waals surface area contributed by atoms with Gasteiger partial charge in [-0.3, -0.25) is 0 Å². The van der Waals surface area contributed by atoms with E-state index in [0.717, 1.165) is 0 Å². The van der Waals surface area contributed by atoms with E-state index in [2.05, 4.69) is 0 Å². The van der Waals surface area contributed by atoms with Crippen LogP contribution in [0, 0.1) is 0 Å². The average Bonchev–Trinajstić information content (AvgIpc) is 1.70. The Balaban J connectivity index is -0.000000375. The first-order chi connectivity index (χ1) is 6.79. The Morgan fingerprint density at radius 3 is 0.889 bits per heavy atom. The summed E-state index contributed by atoms with van der Waals surface area (Å²) in [6.07, 6.45) is 0. The average molecular weight is 286 g/mol. The summed E-state index contributed by atoms with van der Waals surface area (Å²) in [5, 5.41) is 0. The van der Waals surface area contributed by atoms with Crippen molar-refractivity contribution in [3.8, 4) is 0 Å². The standard InChI is InChI=1S/3C4H9O.2Al.Li.H2.4H/c3*1-4(2,3)5;;;;;;;;/h3*1-3H3;;;;1H;;;;/q3*-1;;+3;;;;;;. The van der Waals surface area contributed by atoms with Crippen LogP contribution in [0.2, 0.25) is 0 Å². The third kappa shape index (κ3) is 17.5. The number of hydrogen-bond acceptors (Lipinski definition) is 3. The Morgan fingerprint density at radius 1 is 0.611 bits per heavy atom. The third-order valence-corrected chi connectivity index (χ3v) is 4.05. The molecule has 0 amide bonds. The molecule has 0 spiro atoms. The van der Waals surface area contributed by atoms with E-state index in [1.165, 1.54) is 0 Å². The molecular weight excluding hydrogens is 253 g/mol. The fraction of sp³-hybridized carbons (Fsp3) is 1.00. The minimum atomic E-state index is -2.11. The predicted molar refractivity (Wildman–Crippen MR) is 87.5 cm³/mol. The summed E-state index contributed by atoms with van der Waals surface area (Å²) in [4.78, 5) is 0. The molecule has 0 fully saturated rings. The van der Waals surface area contributed by atoms with E-state index in [1.807, 2.05) is 62.3 Å². The van der Waals surface area contributed by atoms with Crippen LogP contribution in [0.5, 0.6) is 0 Å². The molecule has 6 heteroatoms. The molecule has 3 nitrogen and oxygen atoms in total. The van der Waals surface area contributed by atoms with E-state index in [0.29, 0.717) is 0 Å². The van der Waals surface area contributed by atoms with Gasteiger partial charge in [-0.2, -0.15) is 0 Å². The predicted octanol–water partition coefficient (Wildman–Crippen LogP) is 1.83. The number of rotatable bonds is 3. The van der Waals surface area contributed by atoms with Crippen molar-refractivity contribution in [1.29, 1.82) is 0 Å². The van der Waals surface area contributed by atoms with Gasteiger partial charge in [0.2, 0.25) is 0 Å². The van der Waals surface area contributed by atoms with E-state index in [9.17, 15) is 0 Å². The molecule has 0 N–H and O–H groups in total. The Kier molecular flexibility index (Phi) is 11.9. The fourth-order valence-electron chi connectivity index (χ4n) is 0.938. The fourth-order valence-corrected chi connectivity index (χ4v) is 2.81. The van der Waals surface area contributed by atoms with E-state index >= 15 is 0 Å². The summed E-state index contributed by atoms with van der Waals surface area (Å²) in [6, 6.07) is 0. The second kappa shape index (κ2) is 8.75. The Bertz CT molecular complexity index is 184. The van der Waals surface area contributed by atoms with E-state index in [-0.39, 0.29) is 54.5 Å². The van der Waals surface area contributed by atoms with Gasteiger partial charge in [0.15, 0.2) is 17.4 Å². The summed E-state index contributed by atoms with van der Waals surface area (Å²) in [6.45, 7) is 18.2. The van der Waals surface area contributed by atoms with Crippen LogP contribution in [0.4, 0.5) is 0 Å². The summed E-state index contributed by atoms with van der Waals surface area (Å²) < 4.78 is 17.7. The Hall–Kier alpha value is 1.54. The van der Waals surface area contributed by atoms with Gasteiger partial charge in [0.1, 0.15) is 0 Å². The number of hydrogen-bond donors (Lipinski definition) is 0. The van der Waals surface area contributed by atoms with E-state index < -0.39 is 15.1 Å². The maximum absolute atomic E-state index is 5.88. The van der Waals surface area contributed by atoms with Gasteiger partial charge in [0, 0.05) is 18.2 Å². The molecule has 0 aromatic rings. The van der Waals surface area contributed by atoms with Crippen LogP contribution in [0.25, 0.3) is 0 Å². The molecule has 0 radical (unpaired) electrons. The van der Waals surface area contributed by atoms with Gasteiger partial charge in [-0.05, 0) is 62.3 Å². The second-order valence-corrected chi connectivity index (χ2v) is 8.26. The second-order valence-electron chi connectivity index (χ2n) is 6.98. The van der Waals surface area contributed by atoms with Crippen molar-refractivity contribution in [3.05, 3.63) is 0 Å². The van der Waals surface area contributed by atoms with Crippen molar-refractivity contribution >= 4 is 51.4 Å². The molecule has 0 rings (SSSR count). The topological polar surface area (TPSA) is 27.7 Å². The van der Waals surface area contributed by atoms with E-state index in [4.69, 9.17) is 11.4 Å². The van der Waals surface area contributed by atoms with Crippen LogP contribution in [0.15, 0.2) is 0 Å². The molecule has 106 valence electrons. The summed E-state index contributed by atoms with van der Waals surface area (Å²) in [5.74, 6) is 0. The van der Waals surface area contributed by atoms with Gasteiger partial charge >= 0.3 is 34.0 Å². The van der Waals surface area contributed by atoms with Gasteiger partial charge in [-0.1, -0.05) is 0 Å². The molecule has 0 saturated carbocycles. The van der Waals surface area contributed by atoms with Crippen LogP contribution in [-0.2, 0) is 11.4 Å². The van der Waals surface area contributed by atoms with Gasteiger partial charge in [-0.15, -0.1) is 0 Å². The van der Waals surface area contributed by atoms with Gasteiger partial charge in [0.05, 0.1) is 0 Å². The van der Waals surface area contributed by atoms with Crippen LogP contribution in [0.1, 0.15) is 63.7 Å². The van der Waals surface area contributed by atoms with Crippen molar-refractivity contribution in [2.75, 3.05) is 0 Å². The van der Waals surface area contributed by atoms with Crippen molar-refractivity contribution in [1.82, 2.24) is 0 Å². The molecule has 0 unspecified atom stereocenters. The quantitative estimate of drug-likeness (QED) is 0.741. The first-order valence-electron chi connectivity index (χ1n) is 5.82. The normalized spacial score (nSPS) is 12.5. The molecule has 0 aliphatic heterocycles. The molecule has 0 heterocycles. The van der Waals surface area contributed by atoms with Crippen LogP contribution < -0.4 is 0 Å². The van der Waals surface area contributed by atoms with Crippen molar-refractivity contribution in [2.24, 2.45) is 0 Å². The SMILES string of the molecule is CC(C)(C)[O][Al]([O]C(C)(C)C)[O]C(C)(C)C.[AlH3].[HH].[LiH]. The first-order valence-corrected chi connectivity index (χ1v) is 7.23. The van der Waals surface area contributed by atoms with Gasteiger partial charge < -0.3 is 11.4 Å². The molecule has 0 aromatic carbocycles. The molecular formula is C12H33Al2LiO3. The minimum absolute atomic E-state index is 0. The Morgan fingerprint density at radius 2 is 0.778 bits per heavy atom. The zero-order valence-electron chi connectivity index (χ0n) is 12.3. The molecule has 18 heavy (non-hydrogen) atoms. The zero-order chi connectivity index (χ0) is 13.2. The molecule has 0 aliphatic rings. The summed E-state index contributed by atoms with van der Waals surface area (Å²) in [5.41, 5.74) is -0.686. The van der Waals surface area contributed by atoms with Crippen molar-refractivity contribution in [3.63, 3.8) is 0 Å².